The van der Waals surface area contributed by atoms with E-state index in [4.69, 9.17) is 5.73 Å². The number of carbonyl (C=O) groups excluding carboxylic acids is 1. The molecule has 15 heavy (non-hydrogen) atoms. The Labute approximate surface area is 110 Å². The van der Waals surface area contributed by atoms with Gasteiger partial charge in [0.05, 0.1) is 0 Å². The predicted molar refractivity (Wildman–Crippen MR) is 49.7 cm³/mol. The van der Waals surface area contributed by atoms with Crippen LogP contribution in [-0.2, 0) is 10.1 Å². The summed E-state index contributed by atoms with van der Waals surface area (Å²) >= 11 is 0. The molecule has 76 valence electrons. The van der Waals surface area contributed by atoms with E-state index in [0.717, 1.165) is 0 Å². The molecule has 0 bridgehead atoms. The third kappa shape index (κ3) is 4.76. The second-order valence-electron chi connectivity index (χ2n) is 2.71. The van der Waals surface area contributed by atoms with Crippen LogP contribution in [0, 0.1) is 0 Å². The molecule has 7 heteroatoms. The molecular weight excluding hydrogens is 229 g/mol. The average Bonchev–Trinajstić information content (AvgIpc) is 2.01. The molecule has 0 unspecified atom stereocenters. The Morgan fingerprint density at radius 1 is 1.33 bits per heavy atom. The first-order valence-electron chi connectivity index (χ1n) is 3.71. The van der Waals surface area contributed by atoms with Crippen LogP contribution in [0.2, 0.25) is 0 Å². The van der Waals surface area contributed by atoms with E-state index < -0.39 is 21.7 Å². The van der Waals surface area contributed by atoms with Gasteiger partial charge in [0.15, 0.2) is 5.78 Å². The second kappa shape index (κ2) is 5.62. The van der Waals surface area contributed by atoms with E-state index in [9.17, 15) is 17.8 Å². The van der Waals surface area contributed by atoms with Crippen molar-refractivity contribution >= 4 is 21.6 Å². The smallest absolute Gasteiger partial charge is 0.748 e. The number of benzene rings is 1. The van der Waals surface area contributed by atoms with Crippen LogP contribution in [0.25, 0.3) is 0 Å². The number of ketones is 1. The summed E-state index contributed by atoms with van der Waals surface area (Å²) in [5.41, 5.74) is 5.65. The number of hydrogen-bond donors (Lipinski definition) is 1. The number of nitrogens with two attached hydrogens (primary N) is 1. The van der Waals surface area contributed by atoms with Gasteiger partial charge in [-0.05, 0) is 12.1 Å². The number of hydrogen-bond acceptors (Lipinski definition) is 5. The fraction of sp³-hybridized carbons (Fsp3) is 0.125. The molecule has 0 amide bonds. The van der Waals surface area contributed by atoms with E-state index in [1.54, 1.807) is 12.1 Å². The van der Waals surface area contributed by atoms with Gasteiger partial charge in [0, 0.05) is 11.3 Å². The van der Waals surface area contributed by atoms with Gasteiger partial charge in [-0.1, -0.05) is 12.1 Å². The quantitative estimate of drug-likeness (QED) is 0.261. The minimum Gasteiger partial charge on any atom is -0.748 e. The molecule has 0 aliphatic carbocycles. The molecule has 0 spiro atoms. The number of nitrogen functional groups attached to an aromatic ring is 1. The van der Waals surface area contributed by atoms with Crippen LogP contribution in [0.1, 0.15) is 10.4 Å². The minimum atomic E-state index is -4.54. The zero-order chi connectivity index (χ0) is 10.8. The maximum atomic E-state index is 11.2. The van der Waals surface area contributed by atoms with E-state index in [-0.39, 0.29) is 40.8 Å². The van der Waals surface area contributed by atoms with Crippen LogP contribution in [-0.4, -0.2) is 24.5 Å². The molecule has 0 atom stereocenters. The van der Waals surface area contributed by atoms with Crippen molar-refractivity contribution in [3.05, 3.63) is 29.8 Å². The number of Topliss-reactive ketones (excluding diaryl/α,β-unsaturated/α-hetero) is 1. The van der Waals surface area contributed by atoms with Gasteiger partial charge >= 0.3 is 29.6 Å². The van der Waals surface area contributed by atoms with Crippen molar-refractivity contribution in [2.45, 2.75) is 0 Å². The summed E-state index contributed by atoms with van der Waals surface area (Å²) in [5.74, 6) is -1.83. The number of rotatable bonds is 3. The van der Waals surface area contributed by atoms with Crippen LogP contribution >= 0.6 is 0 Å². The number of carbonyl (C=O) groups is 1. The van der Waals surface area contributed by atoms with Crippen LogP contribution in [0.3, 0.4) is 0 Å². The van der Waals surface area contributed by atoms with Crippen molar-refractivity contribution in [1.29, 1.82) is 0 Å². The summed E-state index contributed by atoms with van der Waals surface area (Å²) in [5, 5.41) is 0. The van der Waals surface area contributed by atoms with Crippen molar-refractivity contribution in [3.8, 4) is 0 Å². The maximum Gasteiger partial charge on any atom is 1.00 e. The fourth-order valence-corrected chi connectivity index (χ4v) is 1.47. The maximum absolute atomic E-state index is 11.2. The summed E-state index contributed by atoms with van der Waals surface area (Å²) in [4.78, 5) is 11.2. The van der Waals surface area contributed by atoms with Gasteiger partial charge in [-0.25, -0.2) is 8.42 Å². The molecule has 0 heterocycles. The first kappa shape index (κ1) is 14.6. The van der Waals surface area contributed by atoms with E-state index in [1.165, 1.54) is 12.1 Å². The normalized spacial score (nSPS) is 10.5. The predicted octanol–water partition coefficient (Wildman–Crippen LogP) is -3.00. The molecule has 0 aliphatic heterocycles. The SMILES string of the molecule is Nc1ccccc1C(=O)CS(=O)(=O)[O-].[Na+]. The minimum absolute atomic E-state index is 0. The van der Waals surface area contributed by atoms with Gasteiger partial charge in [0.25, 0.3) is 0 Å². The Kier molecular flexibility index (Phi) is 5.47. The summed E-state index contributed by atoms with van der Waals surface area (Å²) in [6, 6.07) is 5.99. The molecule has 1 rings (SSSR count). The summed E-state index contributed by atoms with van der Waals surface area (Å²) in [7, 11) is -4.54. The van der Waals surface area contributed by atoms with Gasteiger partial charge < -0.3 is 10.3 Å². The van der Waals surface area contributed by atoms with E-state index in [1.807, 2.05) is 0 Å². The molecule has 0 aromatic heterocycles. The standard InChI is InChI=1S/C8H9NO4S.Na/c9-7-4-2-1-3-6(7)8(10)5-14(11,12)13;/h1-4H,5,9H2,(H,11,12,13);/q;+1/p-1. The van der Waals surface area contributed by atoms with Gasteiger partial charge in [0.1, 0.15) is 15.9 Å². The Hall–Kier alpha value is -0.400. The van der Waals surface area contributed by atoms with Crippen molar-refractivity contribution in [3.63, 3.8) is 0 Å². The summed E-state index contributed by atoms with van der Waals surface area (Å²) < 4.78 is 30.9. The van der Waals surface area contributed by atoms with Crippen molar-refractivity contribution < 1.29 is 47.3 Å². The average molecular weight is 237 g/mol. The van der Waals surface area contributed by atoms with Crippen molar-refractivity contribution in [1.82, 2.24) is 0 Å². The topological polar surface area (TPSA) is 100 Å². The summed E-state index contributed by atoms with van der Waals surface area (Å²) in [6.07, 6.45) is 0. The largest absolute Gasteiger partial charge is 1.00 e. The molecule has 0 fully saturated rings. The molecule has 1 aromatic rings. The van der Waals surface area contributed by atoms with Crippen molar-refractivity contribution in [2.24, 2.45) is 0 Å². The second-order valence-corrected chi connectivity index (χ2v) is 4.12. The summed E-state index contributed by atoms with van der Waals surface area (Å²) in [6.45, 7) is 0. The van der Waals surface area contributed by atoms with Gasteiger partial charge in [-0.2, -0.15) is 0 Å². The fourth-order valence-electron chi connectivity index (χ4n) is 0.989. The van der Waals surface area contributed by atoms with Crippen molar-refractivity contribution in [2.75, 3.05) is 11.5 Å². The van der Waals surface area contributed by atoms with Crippen LogP contribution in [0.15, 0.2) is 24.3 Å². The molecule has 5 nitrogen and oxygen atoms in total. The molecule has 0 saturated carbocycles. The molecular formula is C8H8NNaO4S. The molecule has 0 radical (unpaired) electrons. The zero-order valence-electron chi connectivity index (χ0n) is 8.14. The zero-order valence-corrected chi connectivity index (χ0v) is 11.0. The first-order valence-corrected chi connectivity index (χ1v) is 5.29. The van der Waals surface area contributed by atoms with Crippen LogP contribution in [0.4, 0.5) is 5.69 Å². The van der Waals surface area contributed by atoms with Crippen LogP contribution in [0.5, 0.6) is 0 Å². The number of anilines is 1. The van der Waals surface area contributed by atoms with Crippen LogP contribution < -0.4 is 35.3 Å². The third-order valence-electron chi connectivity index (χ3n) is 1.57. The van der Waals surface area contributed by atoms with E-state index >= 15 is 0 Å². The molecule has 0 aliphatic rings. The molecule has 2 N–H and O–H groups in total. The third-order valence-corrected chi connectivity index (χ3v) is 2.18. The number of para-hydroxylation sites is 1. The van der Waals surface area contributed by atoms with Gasteiger partial charge in [-0.15, -0.1) is 0 Å². The molecule has 0 saturated heterocycles. The molecule has 1 aromatic carbocycles. The monoisotopic (exact) mass is 237 g/mol. The van der Waals surface area contributed by atoms with Gasteiger partial charge in [-0.3, -0.25) is 4.79 Å². The first-order chi connectivity index (χ1) is 6.40. The Morgan fingerprint density at radius 3 is 2.33 bits per heavy atom. The Balaban J connectivity index is 0.00000196. The van der Waals surface area contributed by atoms with Gasteiger partial charge in [0.2, 0.25) is 0 Å². The van der Waals surface area contributed by atoms with E-state index in [0.29, 0.717) is 0 Å². The van der Waals surface area contributed by atoms with E-state index in [2.05, 4.69) is 0 Å². The Morgan fingerprint density at radius 2 is 1.87 bits per heavy atom. The Bertz CT molecular complexity index is 457.